The van der Waals surface area contributed by atoms with Gasteiger partial charge in [0.25, 0.3) is 0 Å². The SMILES string of the molecule is O=C(CC(O)c1ccccc1)NCc1ccc(=O)[nH]c1. The molecule has 2 aromatic rings. The Morgan fingerprint density at radius 3 is 2.60 bits per heavy atom. The minimum absolute atomic E-state index is 0.00731. The summed E-state index contributed by atoms with van der Waals surface area (Å²) in [4.78, 5) is 25.1. The molecular formula is C15H16N2O3. The van der Waals surface area contributed by atoms with E-state index in [2.05, 4.69) is 10.3 Å². The van der Waals surface area contributed by atoms with Gasteiger partial charge in [0.15, 0.2) is 0 Å². The topological polar surface area (TPSA) is 82.2 Å². The summed E-state index contributed by atoms with van der Waals surface area (Å²) < 4.78 is 0. The molecule has 0 spiro atoms. The molecule has 1 atom stereocenters. The molecule has 0 bridgehead atoms. The first kappa shape index (κ1) is 14.0. The second-order valence-corrected chi connectivity index (χ2v) is 4.47. The molecule has 2 rings (SSSR count). The molecule has 104 valence electrons. The quantitative estimate of drug-likeness (QED) is 0.762. The molecule has 0 saturated heterocycles. The molecule has 0 aliphatic carbocycles. The highest BCUT2D eigenvalue weighted by Gasteiger charge is 2.12. The van der Waals surface area contributed by atoms with Crippen molar-refractivity contribution in [1.82, 2.24) is 10.3 Å². The Kier molecular flexibility index (Phi) is 4.68. The average Bonchev–Trinajstić information content (AvgIpc) is 2.47. The number of aliphatic hydroxyl groups is 1. The Labute approximate surface area is 116 Å². The zero-order valence-corrected chi connectivity index (χ0v) is 10.9. The molecule has 0 saturated carbocycles. The van der Waals surface area contributed by atoms with Gasteiger partial charge in [-0.3, -0.25) is 9.59 Å². The van der Waals surface area contributed by atoms with Gasteiger partial charge in [0, 0.05) is 18.8 Å². The minimum Gasteiger partial charge on any atom is -0.388 e. The number of hydrogen-bond donors (Lipinski definition) is 3. The van der Waals surface area contributed by atoms with E-state index in [9.17, 15) is 14.7 Å². The zero-order valence-electron chi connectivity index (χ0n) is 10.9. The molecule has 0 fully saturated rings. The van der Waals surface area contributed by atoms with Crippen molar-refractivity contribution in [2.75, 3.05) is 0 Å². The third kappa shape index (κ3) is 4.07. The second-order valence-electron chi connectivity index (χ2n) is 4.47. The monoisotopic (exact) mass is 272 g/mol. The van der Waals surface area contributed by atoms with Crippen molar-refractivity contribution in [2.45, 2.75) is 19.1 Å². The second kappa shape index (κ2) is 6.68. The molecule has 0 aliphatic rings. The van der Waals surface area contributed by atoms with Gasteiger partial charge in [-0.15, -0.1) is 0 Å². The number of aromatic nitrogens is 1. The summed E-state index contributed by atoms with van der Waals surface area (Å²) in [7, 11) is 0. The van der Waals surface area contributed by atoms with Gasteiger partial charge in [0.05, 0.1) is 12.5 Å². The third-order valence-corrected chi connectivity index (χ3v) is 2.90. The maximum Gasteiger partial charge on any atom is 0.247 e. The fraction of sp³-hybridized carbons (Fsp3) is 0.200. The van der Waals surface area contributed by atoms with Crippen LogP contribution in [-0.4, -0.2) is 16.0 Å². The first-order chi connectivity index (χ1) is 9.65. The van der Waals surface area contributed by atoms with Crippen LogP contribution in [0.3, 0.4) is 0 Å². The summed E-state index contributed by atoms with van der Waals surface area (Å²) in [6.07, 6.45) is 0.746. The lowest BCUT2D eigenvalue weighted by atomic mass is 10.1. The van der Waals surface area contributed by atoms with Gasteiger partial charge in [-0.1, -0.05) is 36.4 Å². The van der Waals surface area contributed by atoms with E-state index in [4.69, 9.17) is 0 Å². The van der Waals surface area contributed by atoms with E-state index in [-0.39, 0.29) is 17.9 Å². The molecule has 1 aromatic heterocycles. The zero-order chi connectivity index (χ0) is 14.4. The Morgan fingerprint density at radius 1 is 1.20 bits per heavy atom. The maximum absolute atomic E-state index is 11.7. The Balaban J connectivity index is 1.83. The predicted octanol–water partition coefficient (Wildman–Crippen LogP) is 1.11. The first-order valence-corrected chi connectivity index (χ1v) is 6.32. The molecular weight excluding hydrogens is 256 g/mol. The number of H-pyrrole nitrogens is 1. The van der Waals surface area contributed by atoms with Crippen molar-refractivity contribution in [3.63, 3.8) is 0 Å². The van der Waals surface area contributed by atoms with Gasteiger partial charge in [0.2, 0.25) is 11.5 Å². The van der Waals surface area contributed by atoms with Crippen molar-refractivity contribution < 1.29 is 9.90 Å². The van der Waals surface area contributed by atoms with Crippen molar-refractivity contribution in [1.29, 1.82) is 0 Å². The molecule has 5 heteroatoms. The fourth-order valence-corrected chi connectivity index (χ4v) is 1.79. The van der Waals surface area contributed by atoms with Crippen molar-refractivity contribution in [3.05, 3.63) is 70.1 Å². The fourth-order valence-electron chi connectivity index (χ4n) is 1.79. The average molecular weight is 272 g/mol. The van der Waals surface area contributed by atoms with Crippen LogP contribution in [0.4, 0.5) is 0 Å². The molecule has 1 aromatic carbocycles. The van der Waals surface area contributed by atoms with E-state index in [0.717, 1.165) is 5.56 Å². The summed E-state index contributed by atoms with van der Waals surface area (Å²) >= 11 is 0. The van der Waals surface area contributed by atoms with E-state index in [1.807, 2.05) is 18.2 Å². The van der Waals surface area contributed by atoms with Crippen LogP contribution >= 0.6 is 0 Å². The minimum atomic E-state index is -0.813. The standard InChI is InChI=1S/C15H16N2O3/c18-13(12-4-2-1-3-5-12)8-15(20)17-10-11-6-7-14(19)16-9-11/h1-7,9,13,18H,8,10H2,(H,16,19)(H,17,20). The highest BCUT2D eigenvalue weighted by molar-refractivity contribution is 5.76. The number of hydrogen-bond acceptors (Lipinski definition) is 3. The predicted molar refractivity (Wildman–Crippen MR) is 74.9 cm³/mol. The summed E-state index contributed by atoms with van der Waals surface area (Å²) in [6, 6.07) is 12.1. The van der Waals surface area contributed by atoms with Gasteiger partial charge >= 0.3 is 0 Å². The summed E-state index contributed by atoms with van der Waals surface area (Å²) in [5.41, 5.74) is 1.33. The van der Waals surface area contributed by atoms with Gasteiger partial charge in [-0.25, -0.2) is 0 Å². The van der Waals surface area contributed by atoms with Gasteiger partial charge in [-0.05, 0) is 11.1 Å². The van der Waals surface area contributed by atoms with Crippen LogP contribution in [0.1, 0.15) is 23.7 Å². The van der Waals surface area contributed by atoms with Crippen LogP contribution in [0, 0.1) is 0 Å². The lowest BCUT2D eigenvalue weighted by molar-refractivity contribution is -0.123. The van der Waals surface area contributed by atoms with Crippen molar-refractivity contribution in [2.24, 2.45) is 0 Å². The third-order valence-electron chi connectivity index (χ3n) is 2.90. The lowest BCUT2D eigenvalue weighted by Gasteiger charge is -2.11. The lowest BCUT2D eigenvalue weighted by Crippen LogP contribution is -2.25. The van der Waals surface area contributed by atoms with Crippen LogP contribution in [-0.2, 0) is 11.3 Å². The van der Waals surface area contributed by atoms with Crippen LogP contribution < -0.4 is 10.9 Å². The highest BCUT2D eigenvalue weighted by atomic mass is 16.3. The van der Waals surface area contributed by atoms with Crippen molar-refractivity contribution in [3.8, 4) is 0 Å². The molecule has 20 heavy (non-hydrogen) atoms. The van der Waals surface area contributed by atoms with Crippen molar-refractivity contribution >= 4 is 5.91 Å². The maximum atomic E-state index is 11.7. The van der Waals surface area contributed by atoms with E-state index in [1.54, 1.807) is 24.4 Å². The van der Waals surface area contributed by atoms with E-state index in [1.165, 1.54) is 6.07 Å². The molecule has 1 unspecified atom stereocenters. The summed E-state index contributed by atoms with van der Waals surface area (Å²) in [5, 5.41) is 12.6. The number of aliphatic hydroxyl groups excluding tert-OH is 1. The number of aromatic amines is 1. The summed E-state index contributed by atoms with van der Waals surface area (Å²) in [5.74, 6) is -0.243. The van der Waals surface area contributed by atoms with E-state index < -0.39 is 6.10 Å². The normalized spacial score (nSPS) is 11.8. The largest absolute Gasteiger partial charge is 0.388 e. The Hall–Kier alpha value is -2.40. The number of amides is 1. The number of rotatable bonds is 5. The number of pyridine rings is 1. The van der Waals surface area contributed by atoms with Gasteiger partial charge in [0.1, 0.15) is 0 Å². The first-order valence-electron chi connectivity index (χ1n) is 6.32. The summed E-state index contributed by atoms with van der Waals surface area (Å²) in [6.45, 7) is 0.317. The molecule has 3 N–H and O–H groups in total. The van der Waals surface area contributed by atoms with Gasteiger partial charge in [-0.2, -0.15) is 0 Å². The molecule has 0 aliphatic heterocycles. The van der Waals surface area contributed by atoms with E-state index in [0.29, 0.717) is 12.1 Å². The highest BCUT2D eigenvalue weighted by Crippen LogP contribution is 2.15. The number of benzene rings is 1. The van der Waals surface area contributed by atoms with Crippen LogP contribution in [0.5, 0.6) is 0 Å². The van der Waals surface area contributed by atoms with Crippen LogP contribution in [0.25, 0.3) is 0 Å². The van der Waals surface area contributed by atoms with Gasteiger partial charge < -0.3 is 15.4 Å². The number of carbonyl (C=O) groups excluding carboxylic acids is 1. The number of nitrogens with one attached hydrogen (secondary N) is 2. The molecule has 1 amide bonds. The molecule has 0 radical (unpaired) electrons. The number of carbonyl (C=O) groups is 1. The van der Waals surface area contributed by atoms with Crippen LogP contribution in [0.15, 0.2) is 53.5 Å². The van der Waals surface area contributed by atoms with Crippen LogP contribution in [0.2, 0.25) is 0 Å². The molecule has 5 nitrogen and oxygen atoms in total. The Bertz CT molecular complexity index is 602. The van der Waals surface area contributed by atoms with E-state index >= 15 is 0 Å². The Morgan fingerprint density at radius 2 is 1.95 bits per heavy atom. The molecule has 1 heterocycles. The smallest absolute Gasteiger partial charge is 0.247 e.